The van der Waals surface area contributed by atoms with E-state index < -0.39 is 101 Å². The van der Waals surface area contributed by atoms with Crippen molar-refractivity contribution >= 4 is 64.6 Å². The fraction of sp³-hybridized carbons (Fsp3) is 0.564. The number of nitrogens with one attached hydrogen (secondary N) is 9. The van der Waals surface area contributed by atoms with Crippen LogP contribution in [0.4, 0.5) is 0 Å². The molecule has 77 heavy (non-hydrogen) atoms. The number of carbonyl (C=O) groups is 10. The molecule has 0 bridgehead atoms. The van der Waals surface area contributed by atoms with Gasteiger partial charge >= 0.3 is 0 Å². The van der Waals surface area contributed by atoms with Gasteiger partial charge in [0.2, 0.25) is 59.1 Å². The number of benzene rings is 2. The SMILES string of the molecule is C=C(C[C@@H]1NC(=O)[C@H](CCCN)NC(=O)[C@@H](Cc2ccccc2)NC(=O)CCCCNC(=O)[C@@H](NC(=O)[C@H](CCCC)NC(=O)[C@H](CCCCN)NC(C)=O)CCC(=O)NCCCC[C@@H](C(N)=O)NC1=O)c1ccccc1. The van der Waals surface area contributed by atoms with Gasteiger partial charge in [-0.25, -0.2) is 0 Å². The fourth-order valence-corrected chi connectivity index (χ4v) is 8.57. The Balaban J connectivity index is 1.93. The number of rotatable bonds is 21. The third-order valence-corrected chi connectivity index (χ3v) is 13.0. The van der Waals surface area contributed by atoms with Crippen LogP contribution in [0.1, 0.15) is 134 Å². The first-order valence-electron chi connectivity index (χ1n) is 27.0. The van der Waals surface area contributed by atoms with Crippen molar-refractivity contribution in [3.05, 3.63) is 78.4 Å². The summed E-state index contributed by atoms with van der Waals surface area (Å²) in [6.07, 6.45) is 4.25. The third-order valence-electron chi connectivity index (χ3n) is 13.0. The number of hydrogen-bond acceptors (Lipinski definition) is 12. The highest BCUT2D eigenvalue weighted by Crippen LogP contribution is 2.19. The molecule has 1 aliphatic heterocycles. The molecule has 2 aromatic carbocycles. The lowest BCUT2D eigenvalue weighted by Crippen LogP contribution is -2.58. The van der Waals surface area contributed by atoms with Crippen molar-refractivity contribution in [3.63, 3.8) is 0 Å². The van der Waals surface area contributed by atoms with E-state index in [1.54, 1.807) is 54.6 Å². The molecule has 0 aromatic heterocycles. The van der Waals surface area contributed by atoms with Crippen LogP contribution in [0.2, 0.25) is 0 Å². The molecule has 3 rings (SSSR count). The number of carbonyl (C=O) groups excluding carboxylic acids is 10. The lowest BCUT2D eigenvalue weighted by Gasteiger charge is -2.27. The maximum atomic E-state index is 14.2. The third kappa shape index (κ3) is 25.0. The van der Waals surface area contributed by atoms with E-state index in [9.17, 15) is 47.9 Å². The molecule has 10 amide bonds. The Hall–Kier alpha value is -7.20. The van der Waals surface area contributed by atoms with Crippen LogP contribution in [-0.4, -0.2) is 128 Å². The lowest BCUT2D eigenvalue weighted by atomic mass is 9.98. The summed E-state index contributed by atoms with van der Waals surface area (Å²) in [6.45, 7) is 8.16. The first-order valence-corrected chi connectivity index (χ1v) is 27.0. The van der Waals surface area contributed by atoms with Gasteiger partial charge in [-0.15, -0.1) is 0 Å². The molecule has 0 unspecified atom stereocenters. The maximum Gasteiger partial charge on any atom is 0.243 e. The molecule has 0 saturated carbocycles. The second-order valence-electron chi connectivity index (χ2n) is 19.4. The first kappa shape index (κ1) is 64.1. The Morgan fingerprint density at radius 1 is 0.636 bits per heavy atom. The predicted molar refractivity (Wildman–Crippen MR) is 292 cm³/mol. The van der Waals surface area contributed by atoms with Crippen LogP contribution in [0, 0.1) is 0 Å². The molecule has 7 atom stereocenters. The zero-order chi connectivity index (χ0) is 56.5. The molecule has 0 spiro atoms. The van der Waals surface area contributed by atoms with Crippen molar-refractivity contribution in [3.8, 4) is 0 Å². The highest BCUT2D eigenvalue weighted by atomic mass is 16.2. The van der Waals surface area contributed by atoms with E-state index in [2.05, 4.69) is 54.4 Å². The van der Waals surface area contributed by atoms with E-state index in [0.29, 0.717) is 75.5 Å². The van der Waals surface area contributed by atoms with Crippen molar-refractivity contribution in [1.82, 2.24) is 47.9 Å². The quantitative estimate of drug-likeness (QED) is 0.0768. The smallest absolute Gasteiger partial charge is 0.243 e. The van der Waals surface area contributed by atoms with Gasteiger partial charge in [-0.2, -0.15) is 0 Å². The van der Waals surface area contributed by atoms with E-state index >= 15 is 0 Å². The number of primary amides is 1. The highest BCUT2D eigenvalue weighted by molar-refractivity contribution is 5.97. The van der Waals surface area contributed by atoms with Crippen LogP contribution in [-0.2, 0) is 54.4 Å². The maximum absolute atomic E-state index is 14.2. The van der Waals surface area contributed by atoms with Crippen molar-refractivity contribution in [2.75, 3.05) is 26.2 Å². The van der Waals surface area contributed by atoms with Crippen LogP contribution in [0.3, 0.4) is 0 Å². The molecule has 1 saturated heterocycles. The fourth-order valence-electron chi connectivity index (χ4n) is 8.57. The summed E-state index contributed by atoms with van der Waals surface area (Å²) in [7, 11) is 0. The van der Waals surface area contributed by atoms with Crippen molar-refractivity contribution < 1.29 is 47.9 Å². The topological polar surface area (TPSA) is 357 Å². The summed E-state index contributed by atoms with van der Waals surface area (Å²) in [5, 5.41) is 24.7. The molecule has 1 heterocycles. The average Bonchev–Trinajstić information content (AvgIpc) is 3.40. The van der Waals surface area contributed by atoms with Gasteiger partial charge in [0.05, 0.1) is 0 Å². The molecular weight excluding hydrogens is 989 g/mol. The first-order chi connectivity index (χ1) is 36.9. The van der Waals surface area contributed by atoms with E-state index in [0.717, 1.165) is 5.56 Å². The van der Waals surface area contributed by atoms with Crippen molar-refractivity contribution in [2.24, 2.45) is 17.2 Å². The van der Waals surface area contributed by atoms with Crippen LogP contribution >= 0.6 is 0 Å². The summed E-state index contributed by atoms with van der Waals surface area (Å²) in [5.41, 5.74) is 19.2. The lowest BCUT2D eigenvalue weighted by molar-refractivity contribution is -0.134. The molecule has 1 aliphatic rings. The zero-order valence-corrected chi connectivity index (χ0v) is 44.9. The minimum Gasteiger partial charge on any atom is -0.368 e. The Labute approximate surface area is 452 Å². The minimum absolute atomic E-state index is 0.0508. The molecule has 22 heteroatoms. The van der Waals surface area contributed by atoms with Gasteiger partial charge in [-0.05, 0) is 107 Å². The molecular formula is C55H84N12O10. The molecule has 1 fully saturated rings. The molecule has 2 aromatic rings. The van der Waals surface area contributed by atoms with E-state index in [1.807, 2.05) is 13.0 Å². The summed E-state index contributed by atoms with van der Waals surface area (Å²) in [4.78, 5) is 135. The van der Waals surface area contributed by atoms with E-state index in [4.69, 9.17) is 17.2 Å². The van der Waals surface area contributed by atoms with Crippen LogP contribution in [0.15, 0.2) is 67.2 Å². The normalized spacial score (nSPS) is 20.9. The number of hydrogen-bond donors (Lipinski definition) is 12. The van der Waals surface area contributed by atoms with Gasteiger partial charge in [0.1, 0.15) is 42.3 Å². The summed E-state index contributed by atoms with van der Waals surface area (Å²) in [5.74, 6) is -6.13. The van der Waals surface area contributed by atoms with E-state index in [-0.39, 0.29) is 77.4 Å². The number of amides is 10. The average molecular weight is 1070 g/mol. The Morgan fingerprint density at radius 2 is 1.25 bits per heavy atom. The van der Waals surface area contributed by atoms with Gasteiger partial charge < -0.3 is 65.1 Å². The minimum atomic E-state index is -1.29. The van der Waals surface area contributed by atoms with Gasteiger partial charge in [-0.3, -0.25) is 47.9 Å². The Morgan fingerprint density at radius 3 is 1.91 bits per heavy atom. The largest absolute Gasteiger partial charge is 0.368 e. The predicted octanol–water partition coefficient (Wildman–Crippen LogP) is 0.656. The molecule has 0 aliphatic carbocycles. The monoisotopic (exact) mass is 1070 g/mol. The van der Waals surface area contributed by atoms with E-state index in [1.165, 1.54) is 6.92 Å². The van der Waals surface area contributed by atoms with Gasteiger partial charge in [-0.1, -0.05) is 87.0 Å². The van der Waals surface area contributed by atoms with Crippen LogP contribution < -0.4 is 65.1 Å². The summed E-state index contributed by atoms with van der Waals surface area (Å²) >= 11 is 0. The second kappa shape index (κ2) is 35.9. The molecule has 15 N–H and O–H groups in total. The highest BCUT2D eigenvalue weighted by Gasteiger charge is 2.33. The molecule has 424 valence electrons. The Kier molecular flexibility index (Phi) is 29.9. The molecule has 22 nitrogen and oxygen atoms in total. The summed E-state index contributed by atoms with van der Waals surface area (Å²) in [6, 6.07) is 9.91. The van der Waals surface area contributed by atoms with Crippen LogP contribution in [0.5, 0.6) is 0 Å². The van der Waals surface area contributed by atoms with Crippen molar-refractivity contribution in [2.45, 2.75) is 172 Å². The zero-order valence-electron chi connectivity index (χ0n) is 44.9. The van der Waals surface area contributed by atoms with Gasteiger partial charge in [0, 0.05) is 45.7 Å². The van der Waals surface area contributed by atoms with Gasteiger partial charge in [0.25, 0.3) is 0 Å². The van der Waals surface area contributed by atoms with Gasteiger partial charge in [0.15, 0.2) is 0 Å². The Bertz CT molecular complexity index is 2250. The standard InChI is InChI=1S/C55H84N12O10/c1-4-5-23-42(64-51(73)41(61-37(3)68)25-12-15-30-56)52(74)66-44-28-29-47(69)59-32-16-13-24-40(49(58)71)63-54(76)45(34-36(2)39-21-10-7-11-22-39)67-53(75)43(26-18-31-57)65-55(77)46(35-38-19-8-6-9-20-38)62-48(70)27-14-17-33-60-50(44)72/h6-11,19-22,40-46H,2,4-5,12-18,23-35,56-57H2,1,3H3,(H2,58,71)(H,59,69)(H,60,72)(H,61,68)(H,62,70)(H,63,76)(H,64,73)(H,65,77)(H,66,74)(H,67,75)/t40-,41-,42-,43-,44-,45-,46+/m0/s1. The molecule has 0 radical (unpaired) electrons. The number of unbranched alkanes of at least 4 members (excludes halogenated alkanes) is 2. The second-order valence-corrected chi connectivity index (χ2v) is 19.4. The summed E-state index contributed by atoms with van der Waals surface area (Å²) < 4.78 is 0. The number of nitrogens with two attached hydrogens (primary N) is 3. The van der Waals surface area contributed by atoms with Crippen molar-refractivity contribution in [1.29, 1.82) is 0 Å². The van der Waals surface area contributed by atoms with Crippen LogP contribution in [0.25, 0.3) is 5.57 Å².